The van der Waals surface area contributed by atoms with E-state index in [9.17, 15) is 0 Å². The second kappa shape index (κ2) is 4.45. The molecule has 0 saturated carbocycles. The molecule has 2 aromatic carbocycles. The maximum absolute atomic E-state index is 2.31. The lowest BCUT2D eigenvalue weighted by Gasteiger charge is -2.11. The molecule has 0 bridgehead atoms. The zero-order valence-corrected chi connectivity index (χ0v) is 10.9. The molecule has 0 N–H and O–H groups in total. The van der Waals surface area contributed by atoms with Gasteiger partial charge in [0.1, 0.15) is 0 Å². The lowest BCUT2D eigenvalue weighted by atomic mass is 9.93. The van der Waals surface area contributed by atoms with E-state index in [1.807, 2.05) is 0 Å². The Hall–Kier alpha value is -1.82. The zero-order valence-electron chi connectivity index (χ0n) is 10.9. The first-order chi connectivity index (χ1) is 8.75. The summed E-state index contributed by atoms with van der Waals surface area (Å²) in [5.41, 5.74) is 6.72. The number of rotatable bonds is 2. The maximum atomic E-state index is 2.31. The zero-order chi connectivity index (χ0) is 12.5. The van der Waals surface area contributed by atoms with Gasteiger partial charge in [-0.1, -0.05) is 68.5 Å². The molecule has 0 saturated heterocycles. The molecule has 2 aromatic rings. The van der Waals surface area contributed by atoms with E-state index in [2.05, 4.69) is 74.9 Å². The third-order valence-electron chi connectivity index (χ3n) is 3.54. The van der Waals surface area contributed by atoms with Crippen molar-refractivity contribution in [3.05, 3.63) is 71.7 Å². The molecule has 0 fully saturated rings. The largest absolute Gasteiger partial charge is 0.0754 e. The van der Waals surface area contributed by atoms with Crippen molar-refractivity contribution in [1.82, 2.24) is 0 Å². The molecule has 0 nitrogen and oxygen atoms in total. The molecule has 0 aromatic heterocycles. The van der Waals surface area contributed by atoms with Gasteiger partial charge in [0.2, 0.25) is 0 Å². The minimum atomic E-state index is 0.573. The molecule has 1 radical (unpaired) electrons. The van der Waals surface area contributed by atoms with E-state index in [1.165, 1.54) is 27.8 Å². The monoisotopic (exact) mass is 233 g/mol. The predicted octanol–water partition coefficient (Wildman–Crippen LogP) is 5.06. The van der Waals surface area contributed by atoms with Crippen LogP contribution in [0.15, 0.2) is 48.5 Å². The average molecular weight is 233 g/mol. The molecule has 3 rings (SSSR count). The molecule has 0 aliphatic heterocycles. The normalized spacial score (nSPS) is 13.1. The van der Waals surface area contributed by atoms with Gasteiger partial charge in [0.05, 0.1) is 0 Å². The summed E-state index contributed by atoms with van der Waals surface area (Å²) in [6.45, 7) is 4.48. The highest BCUT2D eigenvalue weighted by Crippen LogP contribution is 2.33. The lowest BCUT2D eigenvalue weighted by Crippen LogP contribution is -1.90. The second-order valence-electron chi connectivity index (χ2n) is 5.11. The van der Waals surface area contributed by atoms with E-state index in [4.69, 9.17) is 0 Å². The van der Waals surface area contributed by atoms with Crippen LogP contribution in [0.25, 0.3) is 17.2 Å². The molecule has 0 heteroatoms. The van der Waals surface area contributed by atoms with E-state index in [-0.39, 0.29) is 0 Å². The van der Waals surface area contributed by atoms with E-state index >= 15 is 0 Å². The van der Waals surface area contributed by atoms with Crippen LogP contribution in [0, 0.1) is 6.42 Å². The Morgan fingerprint density at radius 2 is 1.78 bits per heavy atom. The van der Waals surface area contributed by atoms with E-state index < -0.39 is 0 Å². The highest BCUT2D eigenvalue weighted by Gasteiger charge is 2.11. The van der Waals surface area contributed by atoms with Gasteiger partial charge in [-0.15, -0.1) is 0 Å². The van der Waals surface area contributed by atoms with Crippen molar-refractivity contribution in [2.45, 2.75) is 19.8 Å². The number of benzene rings is 2. The maximum Gasteiger partial charge on any atom is 0.0131 e. The van der Waals surface area contributed by atoms with Gasteiger partial charge in [-0.2, -0.15) is 0 Å². The van der Waals surface area contributed by atoms with Gasteiger partial charge in [-0.3, -0.25) is 0 Å². The summed E-state index contributed by atoms with van der Waals surface area (Å²) in [6.07, 6.45) is 6.50. The van der Waals surface area contributed by atoms with Gasteiger partial charge in [0.25, 0.3) is 0 Å². The smallest absolute Gasteiger partial charge is 0.0131 e. The van der Waals surface area contributed by atoms with Crippen molar-refractivity contribution >= 4 is 6.08 Å². The van der Waals surface area contributed by atoms with Crippen molar-refractivity contribution in [2.75, 3.05) is 0 Å². The predicted molar refractivity (Wildman–Crippen MR) is 78.4 cm³/mol. The first-order valence-corrected chi connectivity index (χ1v) is 6.50. The van der Waals surface area contributed by atoms with Gasteiger partial charge in [0, 0.05) is 6.42 Å². The topological polar surface area (TPSA) is 0 Å². The van der Waals surface area contributed by atoms with Gasteiger partial charge >= 0.3 is 0 Å². The van der Waals surface area contributed by atoms with Crippen LogP contribution in [0.1, 0.15) is 36.5 Å². The summed E-state index contributed by atoms with van der Waals surface area (Å²) in [7, 11) is 0. The van der Waals surface area contributed by atoms with Crippen molar-refractivity contribution in [3.63, 3.8) is 0 Å². The second-order valence-corrected chi connectivity index (χ2v) is 5.11. The Morgan fingerprint density at radius 1 is 0.944 bits per heavy atom. The molecular formula is C18H17. The quantitative estimate of drug-likeness (QED) is 0.680. The standard InChI is InChI=1S/C18H17/c1-13(2)15-8-3-9-16(12-15)18-11-5-7-14-6-4-10-17(14)18/h3-13H,1-2H3. The Labute approximate surface area is 109 Å². The highest BCUT2D eigenvalue weighted by atomic mass is 14.2. The number of hydrogen-bond donors (Lipinski definition) is 0. The average Bonchev–Trinajstić information content (AvgIpc) is 2.87. The Kier molecular flexibility index (Phi) is 2.79. The van der Waals surface area contributed by atoms with Crippen LogP contribution in [-0.4, -0.2) is 0 Å². The van der Waals surface area contributed by atoms with Gasteiger partial charge in [-0.25, -0.2) is 0 Å². The van der Waals surface area contributed by atoms with Crippen molar-refractivity contribution < 1.29 is 0 Å². The molecule has 0 amide bonds. The molecule has 89 valence electrons. The SMILES string of the molecule is CC(C)c1cccc(-c2cccc3c2C=C[CH]3)c1. The molecule has 0 heterocycles. The molecule has 1 aliphatic rings. The molecule has 1 aliphatic carbocycles. The fourth-order valence-corrected chi connectivity index (χ4v) is 2.48. The van der Waals surface area contributed by atoms with E-state index in [1.54, 1.807) is 0 Å². The van der Waals surface area contributed by atoms with Crippen LogP contribution < -0.4 is 0 Å². The third kappa shape index (κ3) is 1.88. The number of fused-ring (bicyclic) bond motifs is 1. The van der Waals surface area contributed by atoms with Crippen LogP contribution in [0.4, 0.5) is 0 Å². The van der Waals surface area contributed by atoms with Crippen LogP contribution >= 0.6 is 0 Å². The highest BCUT2D eigenvalue weighted by molar-refractivity contribution is 5.81. The summed E-state index contributed by atoms with van der Waals surface area (Å²) < 4.78 is 0. The van der Waals surface area contributed by atoms with E-state index in [0.29, 0.717) is 5.92 Å². The minimum Gasteiger partial charge on any atom is -0.0754 e. The van der Waals surface area contributed by atoms with Crippen LogP contribution in [0.3, 0.4) is 0 Å². The summed E-state index contributed by atoms with van der Waals surface area (Å²) in [6, 6.07) is 15.4. The molecule has 0 atom stereocenters. The Balaban J connectivity index is 2.13. The number of allylic oxidation sites excluding steroid dienone is 1. The van der Waals surface area contributed by atoms with Crippen LogP contribution in [-0.2, 0) is 0 Å². The summed E-state index contributed by atoms with van der Waals surface area (Å²) >= 11 is 0. The summed E-state index contributed by atoms with van der Waals surface area (Å²) in [5.74, 6) is 0.573. The van der Waals surface area contributed by atoms with Crippen molar-refractivity contribution in [2.24, 2.45) is 0 Å². The van der Waals surface area contributed by atoms with Crippen LogP contribution in [0.5, 0.6) is 0 Å². The Bertz CT molecular complexity index is 603. The lowest BCUT2D eigenvalue weighted by molar-refractivity contribution is 0.867. The Morgan fingerprint density at radius 3 is 2.61 bits per heavy atom. The summed E-state index contributed by atoms with van der Waals surface area (Å²) in [4.78, 5) is 0. The molecule has 18 heavy (non-hydrogen) atoms. The van der Waals surface area contributed by atoms with Crippen molar-refractivity contribution in [1.29, 1.82) is 0 Å². The minimum absolute atomic E-state index is 0.573. The fourth-order valence-electron chi connectivity index (χ4n) is 2.48. The fraction of sp³-hybridized carbons (Fsp3) is 0.167. The molecule has 0 spiro atoms. The third-order valence-corrected chi connectivity index (χ3v) is 3.54. The summed E-state index contributed by atoms with van der Waals surface area (Å²) in [5, 5.41) is 0. The van der Waals surface area contributed by atoms with Gasteiger partial charge in [0.15, 0.2) is 0 Å². The number of hydrogen-bond acceptors (Lipinski definition) is 0. The van der Waals surface area contributed by atoms with Gasteiger partial charge in [-0.05, 0) is 33.7 Å². The molecule has 0 unspecified atom stereocenters. The first-order valence-electron chi connectivity index (χ1n) is 6.50. The van der Waals surface area contributed by atoms with Crippen molar-refractivity contribution in [3.8, 4) is 11.1 Å². The van der Waals surface area contributed by atoms with Crippen LogP contribution in [0.2, 0.25) is 0 Å². The molecular weight excluding hydrogens is 216 g/mol. The first kappa shape index (κ1) is 11.3. The van der Waals surface area contributed by atoms with Gasteiger partial charge < -0.3 is 0 Å². The van der Waals surface area contributed by atoms with E-state index in [0.717, 1.165) is 0 Å².